The minimum Gasteiger partial charge on any atom is -0.489 e. The molecule has 7 nitrogen and oxygen atoms in total. The van der Waals surface area contributed by atoms with Gasteiger partial charge in [-0.3, -0.25) is 4.79 Å². The van der Waals surface area contributed by atoms with Crippen LogP contribution < -0.4 is 9.47 Å². The summed E-state index contributed by atoms with van der Waals surface area (Å²) in [5.41, 5.74) is 8.62. The second-order valence-electron chi connectivity index (χ2n) is 14.4. The normalized spacial score (nSPS) is 17.8. The van der Waals surface area contributed by atoms with Gasteiger partial charge in [0.2, 0.25) is 0 Å². The third-order valence-electron chi connectivity index (χ3n) is 10.4. The van der Waals surface area contributed by atoms with Gasteiger partial charge in [-0.15, -0.1) is 0 Å². The van der Waals surface area contributed by atoms with Gasteiger partial charge in [-0.05, 0) is 104 Å². The molecule has 1 N–H and O–H groups in total. The van der Waals surface area contributed by atoms with E-state index in [0.29, 0.717) is 25.8 Å². The summed E-state index contributed by atoms with van der Waals surface area (Å²) in [6.07, 6.45) is 3.15. The van der Waals surface area contributed by atoms with E-state index in [2.05, 4.69) is 71.1 Å². The number of aryl methyl sites for hydroxylation is 2. The fourth-order valence-electron chi connectivity index (χ4n) is 6.60. The van der Waals surface area contributed by atoms with Crippen molar-refractivity contribution < 1.29 is 23.8 Å². The molecular formula is C36H48N2O5Si. The molecule has 3 aromatic rings. The first-order chi connectivity index (χ1) is 20.6. The van der Waals surface area contributed by atoms with E-state index >= 15 is 0 Å². The van der Waals surface area contributed by atoms with Crippen LogP contribution >= 0.6 is 0 Å². The first-order valence-corrected chi connectivity index (χ1v) is 18.7. The van der Waals surface area contributed by atoms with Gasteiger partial charge in [0.25, 0.3) is 0 Å². The van der Waals surface area contributed by atoms with Crippen LogP contribution in [0.3, 0.4) is 0 Å². The lowest BCUT2D eigenvalue weighted by Crippen LogP contribution is -2.41. The maximum absolute atomic E-state index is 11.8. The summed E-state index contributed by atoms with van der Waals surface area (Å²) in [4.78, 5) is 21.2. The summed E-state index contributed by atoms with van der Waals surface area (Å²) in [6, 6.07) is 12.9. The van der Waals surface area contributed by atoms with E-state index in [1.807, 2.05) is 26.8 Å². The monoisotopic (exact) mass is 616 g/mol. The Hall–Kier alpha value is -3.23. The predicted molar refractivity (Wildman–Crippen MR) is 176 cm³/mol. The van der Waals surface area contributed by atoms with E-state index in [1.165, 1.54) is 11.1 Å². The Morgan fingerprint density at radius 3 is 2.34 bits per heavy atom. The summed E-state index contributed by atoms with van der Waals surface area (Å²) in [5, 5.41) is 9.87. The summed E-state index contributed by atoms with van der Waals surface area (Å²) >= 11 is 0. The highest BCUT2D eigenvalue weighted by atomic mass is 28.4. The number of carbonyl (C=O) groups is 1. The minimum absolute atomic E-state index is 0.0871. The van der Waals surface area contributed by atoms with Gasteiger partial charge in [0.15, 0.2) is 8.32 Å². The Labute approximate surface area is 263 Å². The van der Waals surface area contributed by atoms with Crippen molar-refractivity contribution in [3.05, 3.63) is 70.0 Å². The van der Waals surface area contributed by atoms with Gasteiger partial charge in [-0.2, -0.15) is 9.97 Å². The van der Waals surface area contributed by atoms with Crippen LogP contribution in [-0.2, 0) is 22.2 Å². The molecule has 0 radical (unpaired) electrons. The lowest BCUT2D eigenvalue weighted by atomic mass is 9.80. The lowest BCUT2D eigenvalue weighted by molar-refractivity contribution is -0.142. The van der Waals surface area contributed by atoms with Crippen LogP contribution in [0.1, 0.15) is 80.1 Å². The number of benzene rings is 2. The van der Waals surface area contributed by atoms with E-state index in [1.54, 1.807) is 0 Å². The average molecular weight is 617 g/mol. The molecule has 2 aliphatic rings. The van der Waals surface area contributed by atoms with E-state index in [4.69, 9.17) is 23.9 Å². The van der Waals surface area contributed by atoms with Gasteiger partial charge in [0.1, 0.15) is 19.0 Å². The molecule has 2 aromatic carbocycles. The summed E-state index contributed by atoms with van der Waals surface area (Å²) in [6.45, 7) is 20.5. The molecule has 1 aromatic heterocycles. The standard InChI is InChI=1S/C36H48N2O5Si/c1-22-26(21-42-28-13-14-30-27(19-28)20-36(15-16-36)32(30)23(2)33(39)40)11-10-12-29(22)31-24(3)37-34(38-25(31)4)41-17-18-43-44(8,9)35(5,6)7/h10-14,19,23,32H,15-18,20-21H2,1-9H3,(H,39,40). The van der Waals surface area contributed by atoms with Crippen LogP contribution in [0.5, 0.6) is 11.8 Å². The maximum atomic E-state index is 11.8. The van der Waals surface area contributed by atoms with Crippen LogP contribution in [-0.4, -0.2) is 42.6 Å². The number of carboxylic acids is 1. The van der Waals surface area contributed by atoms with E-state index in [9.17, 15) is 9.90 Å². The molecule has 0 aliphatic heterocycles. The number of ether oxygens (including phenoxy) is 2. The molecule has 2 unspecified atom stereocenters. The maximum Gasteiger partial charge on any atom is 0.316 e. The second kappa shape index (κ2) is 11.9. The highest BCUT2D eigenvalue weighted by Crippen LogP contribution is 2.65. The summed E-state index contributed by atoms with van der Waals surface area (Å²) in [7, 11) is -1.83. The van der Waals surface area contributed by atoms with Gasteiger partial charge >= 0.3 is 12.0 Å². The first kappa shape index (κ1) is 32.2. The van der Waals surface area contributed by atoms with Crippen molar-refractivity contribution >= 4 is 14.3 Å². The number of hydrogen-bond acceptors (Lipinski definition) is 6. The Kier molecular flexibility index (Phi) is 8.73. The molecular weight excluding hydrogens is 568 g/mol. The lowest BCUT2D eigenvalue weighted by Gasteiger charge is -2.36. The largest absolute Gasteiger partial charge is 0.489 e. The van der Waals surface area contributed by atoms with Gasteiger partial charge in [0, 0.05) is 11.5 Å². The fraction of sp³-hybridized carbons (Fsp3) is 0.528. The Morgan fingerprint density at radius 1 is 1.05 bits per heavy atom. The zero-order valence-corrected chi connectivity index (χ0v) is 28.8. The average Bonchev–Trinajstić information content (AvgIpc) is 3.63. The molecule has 0 amide bonds. The molecule has 1 saturated carbocycles. The smallest absolute Gasteiger partial charge is 0.316 e. The van der Waals surface area contributed by atoms with Gasteiger partial charge in [0.05, 0.1) is 23.9 Å². The molecule has 8 heteroatoms. The van der Waals surface area contributed by atoms with Crippen molar-refractivity contribution in [2.75, 3.05) is 13.2 Å². The molecule has 2 atom stereocenters. The van der Waals surface area contributed by atoms with E-state index in [-0.39, 0.29) is 22.3 Å². The van der Waals surface area contributed by atoms with Crippen LogP contribution in [0.25, 0.3) is 11.1 Å². The third kappa shape index (κ3) is 6.29. The molecule has 2 aliphatic carbocycles. The third-order valence-corrected chi connectivity index (χ3v) is 14.9. The van der Waals surface area contributed by atoms with Gasteiger partial charge < -0.3 is 19.0 Å². The van der Waals surface area contributed by atoms with Crippen molar-refractivity contribution in [3.8, 4) is 22.9 Å². The molecule has 1 heterocycles. The Bertz CT molecular complexity index is 1530. The zero-order chi connectivity index (χ0) is 32.0. The van der Waals surface area contributed by atoms with E-state index < -0.39 is 14.3 Å². The Morgan fingerprint density at radius 2 is 1.73 bits per heavy atom. The number of hydrogen-bond donors (Lipinski definition) is 1. The predicted octanol–water partition coefficient (Wildman–Crippen LogP) is 8.19. The van der Waals surface area contributed by atoms with Crippen molar-refractivity contribution in [1.82, 2.24) is 9.97 Å². The van der Waals surface area contributed by atoms with Gasteiger partial charge in [-0.25, -0.2) is 0 Å². The number of aromatic nitrogens is 2. The number of rotatable bonds is 11. The van der Waals surface area contributed by atoms with Crippen molar-refractivity contribution in [1.29, 1.82) is 0 Å². The van der Waals surface area contributed by atoms with Crippen molar-refractivity contribution in [2.24, 2.45) is 11.3 Å². The Balaban J connectivity index is 1.26. The topological polar surface area (TPSA) is 90.8 Å². The molecule has 0 bridgehead atoms. The molecule has 0 saturated heterocycles. The van der Waals surface area contributed by atoms with E-state index in [0.717, 1.165) is 58.7 Å². The first-order valence-electron chi connectivity index (χ1n) is 15.8. The molecule has 1 spiro atoms. The quantitative estimate of drug-likeness (QED) is 0.172. The number of aliphatic carboxylic acids is 1. The molecule has 1 fully saturated rings. The molecule has 5 rings (SSSR count). The van der Waals surface area contributed by atoms with Crippen LogP contribution in [0.15, 0.2) is 36.4 Å². The highest BCUT2D eigenvalue weighted by Gasteiger charge is 2.57. The number of fused-ring (bicyclic) bond motifs is 1. The SMILES string of the molecule is Cc1nc(OCCO[Si](C)(C)C(C)(C)C)nc(C)c1-c1cccc(COc2ccc3c(c2)CC2(CC2)C3C(C)C(=O)O)c1C. The van der Waals surface area contributed by atoms with Crippen molar-refractivity contribution in [3.63, 3.8) is 0 Å². The molecule has 236 valence electrons. The second-order valence-corrected chi connectivity index (χ2v) is 19.2. The minimum atomic E-state index is -1.83. The number of carboxylic acid groups (broad SMARTS) is 1. The van der Waals surface area contributed by atoms with Gasteiger partial charge in [-0.1, -0.05) is 52.0 Å². The summed E-state index contributed by atoms with van der Waals surface area (Å²) < 4.78 is 18.5. The van der Waals surface area contributed by atoms with Crippen molar-refractivity contribution in [2.45, 2.75) is 98.4 Å². The van der Waals surface area contributed by atoms with Crippen LogP contribution in [0.2, 0.25) is 18.1 Å². The highest BCUT2D eigenvalue weighted by molar-refractivity contribution is 6.74. The van der Waals surface area contributed by atoms with Crippen LogP contribution in [0.4, 0.5) is 0 Å². The van der Waals surface area contributed by atoms with Crippen LogP contribution in [0, 0.1) is 32.1 Å². The fourth-order valence-corrected chi connectivity index (χ4v) is 7.62. The molecule has 44 heavy (non-hydrogen) atoms. The summed E-state index contributed by atoms with van der Waals surface area (Å²) in [5.74, 6) is -0.185. The number of nitrogens with zero attached hydrogens (tertiary/aromatic N) is 2. The zero-order valence-electron chi connectivity index (χ0n) is 27.8.